The third-order valence-corrected chi connectivity index (χ3v) is 4.65. The number of hydrogen-bond donors (Lipinski definition) is 1. The van der Waals surface area contributed by atoms with Gasteiger partial charge in [0.25, 0.3) is 0 Å². The quantitative estimate of drug-likeness (QED) is 0.784. The van der Waals surface area contributed by atoms with Crippen LogP contribution in [0.25, 0.3) is 0 Å². The average Bonchev–Trinajstić information content (AvgIpc) is 2.47. The molecule has 0 aromatic heterocycles. The number of likely N-dealkylation sites (N-methyl/N-ethyl adjacent to an activating group) is 2. The first-order valence-electron chi connectivity index (χ1n) is 7.68. The summed E-state index contributed by atoms with van der Waals surface area (Å²) in [5, 5.41) is 3.47. The number of rotatable bonds is 8. The summed E-state index contributed by atoms with van der Waals surface area (Å²) in [4.78, 5) is 2.51. The Hall–Kier alpha value is -0.930. The molecule has 0 saturated heterocycles. The van der Waals surface area contributed by atoms with Crippen LogP contribution in [0.1, 0.15) is 39.7 Å². The Kier molecular flexibility index (Phi) is 6.63. The van der Waals surface area contributed by atoms with E-state index in [0.29, 0.717) is 6.04 Å². The molecular weight excluding hydrogens is 251 g/mol. The molecule has 0 heterocycles. The van der Waals surface area contributed by atoms with Crippen molar-refractivity contribution in [3.63, 3.8) is 0 Å². The van der Waals surface area contributed by atoms with Gasteiger partial charge in [0.05, 0.1) is 0 Å². The fraction of sp³-hybridized carbons (Fsp3) is 0.647. The van der Waals surface area contributed by atoms with E-state index in [1.54, 1.807) is 12.1 Å². The van der Waals surface area contributed by atoms with Crippen LogP contribution < -0.4 is 5.32 Å². The molecule has 1 aromatic rings. The zero-order chi connectivity index (χ0) is 15.2. The summed E-state index contributed by atoms with van der Waals surface area (Å²) in [6.07, 6.45) is 2.00. The van der Waals surface area contributed by atoms with Gasteiger partial charge in [0.1, 0.15) is 5.82 Å². The maximum absolute atomic E-state index is 13.0. The molecule has 0 radical (unpaired) electrons. The lowest BCUT2D eigenvalue weighted by Crippen LogP contribution is -2.59. The Morgan fingerprint density at radius 1 is 1.15 bits per heavy atom. The third-order valence-electron chi connectivity index (χ3n) is 4.65. The zero-order valence-corrected chi connectivity index (χ0v) is 13.5. The van der Waals surface area contributed by atoms with E-state index >= 15 is 0 Å². The van der Waals surface area contributed by atoms with Gasteiger partial charge in [0.15, 0.2) is 0 Å². The molecule has 1 N–H and O–H groups in total. The Labute approximate surface area is 123 Å². The van der Waals surface area contributed by atoms with Gasteiger partial charge in [-0.2, -0.15) is 0 Å². The lowest BCUT2D eigenvalue weighted by Gasteiger charge is -2.46. The second-order valence-corrected chi connectivity index (χ2v) is 5.55. The van der Waals surface area contributed by atoms with E-state index in [-0.39, 0.29) is 11.4 Å². The van der Waals surface area contributed by atoms with Crippen LogP contribution >= 0.6 is 0 Å². The van der Waals surface area contributed by atoms with Crippen molar-refractivity contribution in [1.29, 1.82) is 0 Å². The Bertz CT molecular complexity index is 386. The third kappa shape index (κ3) is 3.80. The van der Waals surface area contributed by atoms with E-state index in [4.69, 9.17) is 0 Å². The predicted octanol–water partition coefficient (Wildman–Crippen LogP) is 3.47. The van der Waals surface area contributed by atoms with Crippen molar-refractivity contribution in [2.45, 2.75) is 52.1 Å². The van der Waals surface area contributed by atoms with E-state index in [0.717, 1.165) is 25.9 Å². The molecule has 0 aliphatic rings. The van der Waals surface area contributed by atoms with Crippen LogP contribution in [0.5, 0.6) is 0 Å². The Balaban J connectivity index is 2.94. The number of hydrogen-bond acceptors (Lipinski definition) is 2. The van der Waals surface area contributed by atoms with Crippen molar-refractivity contribution in [2.24, 2.45) is 0 Å². The first-order valence-corrected chi connectivity index (χ1v) is 7.68. The maximum atomic E-state index is 13.0. The molecular formula is C17H29FN2. The first-order chi connectivity index (χ1) is 9.51. The van der Waals surface area contributed by atoms with Crippen molar-refractivity contribution in [2.75, 3.05) is 20.1 Å². The van der Waals surface area contributed by atoms with Gasteiger partial charge in [0.2, 0.25) is 0 Å². The molecule has 2 nitrogen and oxygen atoms in total. The summed E-state index contributed by atoms with van der Waals surface area (Å²) >= 11 is 0. The normalized spacial score (nSPS) is 16.1. The van der Waals surface area contributed by atoms with Crippen molar-refractivity contribution in [1.82, 2.24) is 10.2 Å². The number of nitrogens with one attached hydrogen (secondary N) is 1. The maximum Gasteiger partial charge on any atom is 0.123 e. The minimum atomic E-state index is -0.170. The number of nitrogens with zero attached hydrogens (tertiary/aromatic N) is 1. The lowest BCUT2D eigenvalue weighted by molar-refractivity contribution is 0.0730. The summed E-state index contributed by atoms with van der Waals surface area (Å²) in [5.41, 5.74) is 1.28. The van der Waals surface area contributed by atoms with Crippen LogP contribution in [-0.4, -0.2) is 36.6 Å². The molecule has 2 atom stereocenters. The SMILES string of the molecule is CCN(CC)C(C)(CC)C(Cc1ccc(F)cc1)NC. The largest absolute Gasteiger partial charge is 0.315 e. The molecule has 0 saturated carbocycles. The van der Waals surface area contributed by atoms with Gasteiger partial charge < -0.3 is 5.32 Å². The van der Waals surface area contributed by atoms with Crippen LogP contribution in [0.2, 0.25) is 0 Å². The minimum absolute atomic E-state index is 0.104. The summed E-state index contributed by atoms with van der Waals surface area (Å²) in [6, 6.07) is 7.21. The molecule has 0 spiro atoms. The molecule has 0 fully saturated rings. The molecule has 0 aliphatic carbocycles. The van der Waals surface area contributed by atoms with Gasteiger partial charge in [-0.05, 0) is 57.6 Å². The molecule has 1 aromatic carbocycles. The standard InChI is InChI=1S/C17H29FN2/c1-6-17(4,20(7-2)8-3)16(19-5)13-14-9-11-15(18)12-10-14/h9-12,16,19H,6-8,13H2,1-5H3. The molecule has 3 heteroatoms. The van der Waals surface area contributed by atoms with E-state index in [1.165, 1.54) is 5.56 Å². The van der Waals surface area contributed by atoms with Crippen molar-refractivity contribution in [3.8, 4) is 0 Å². The van der Waals surface area contributed by atoms with Gasteiger partial charge in [-0.3, -0.25) is 4.90 Å². The van der Waals surface area contributed by atoms with Crippen molar-refractivity contribution in [3.05, 3.63) is 35.6 Å². The number of halogens is 1. The smallest absolute Gasteiger partial charge is 0.123 e. The topological polar surface area (TPSA) is 15.3 Å². The molecule has 20 heavy (non-hydrogen) atoms. The summed E-state index contributed by atoms with van der Waals surface area (Å²) in [6.45, 7) is 11.1. The Morgan fingerprint density at radius 3 is 2.10 bits per heavy atom. The predicted molar refractivity (Wildman–Crippen MR) is 84.6 cm³/mol. The summed E-state index contributed by atoms with van der Waals surface area (Å²) < 4.78 is 13.0. The molecule has 0 bridgehead atoms. The zero-order valence-electron chi connectivity index (χ0n) is 13.5. The highest BCUT2D eigenvalue weighted by molar-refractivity contribution is 5.18. The lowest BCUT2D eigenvalue weighted by atomic mass is 9.83. The fourth-order valence-corrected chi connectivity index (χ4v) is 3.13. The van der Waals surface area contributed by atoms with Gasteiger partial charge in [0, 0.05) is 11.6 Å². The monoisotopic (exact) mass is 280 g/mol. The number of benzene rings is 1. The van der Waals surface area contributed by atoms with Crippen LogP contribution in [0.4, 0.5) is 4.39 Å². The highest BCUT2D eigenvalue weighted by atomic mass is 19.1. The van der Waals surface area contributed by atoms with Crippen molar-refractivity contribution >= 4 is 0 Å². The summed E-state index contributed by atoms with van der Waals surface area (Å²) in [5.74, 6) is -0.170. The molecule has 0 amide bonds. The Morgan fingerprint density at radius 2 is 1.70 bits per heavy atom. The second kappa shape index (κ2) is 7.75. The van der Waals surface area contributed by atoms with Gasteiger partial charge >= 0.3 is 0 Å². The van der Waals surface area contributed by atoms with Crippen LogP contribution in [0.15, 0.2) is 24.3 Å². The second-order valence-electron chi connectivity index (χ2n) is 5.55. The average molecular weight is 280 g/mol. The highest BCUT2D eigenvalue weighted by Gasteiger charge is 2.35. The van der Waals surface area contributed by atoms with Crippen LogP contribution in [-0.2, 0) is 6.42 Å². The van der Waals surface area contributed by atoms with E-state index in [1.807, 2.05) is 19.2 Å². The van der Waals surface area contributed by atoms with Gasteiger partial charge in [-0.25, -0.2) is 4.39 Å². The molecule has 2 unspecified atom stereocenters. The minimum Gasteiger partial charge on any atom is -0.315 e. The van der Waals surface area contributed by atoms with Gasteiger partial charge in [-0.1, -0.05) is 32.9 Å². The molecule has 0 aliphatic heterocycles. The fourth-order valence-electron chi connectivity index (χ4n) is 3.13. The van der Waals surface area contributed by atoms with Crippen molar-refractivity contribution < 1.29 is 4.39 Å². The van der Waals surface area contributed by atoms with Crippen LogP contribution in [0, 0.1) is 5.82 Å². The first kappa shape index (κ1) is 17.1. The molecule has 1 rings (SSSR count). The van der Waals surface area contributed by atoms with Crippen LogP contribution in [0.3, 0.4) is 0 Å². The van der Waals surface area contributed by atoms with E-state index in [2.05, 4.69) is 37.9 Å². The molecule has 114 valence electrons. The highest BCUT2D eigenvalue weighted by Crippen LogP contribution is 2.26. The van der Waals surface area contributed by atoms with Gasteiger partial charge in [-0.15, -0.1) is 0 Å². The summed E-state index contributed by atoms with van der Waals surface area (Å²) in [7, 11) is 2.02. The van der Waals surface area contributed by atoms with E-state index < -0.39 is 0 Å². The van der Waals surface area contributed by atoms with E-state index in [9.17, 15) is 4.39 Å².